The minimum Gasteiger partial charge on any atom is -0.336 e. The second-order valence-electron chi connectivity index (χ2n) is 5.17. The van der Waals surface area contributed by atoms with Gasteiger partial charge in [0.15, 0.2) is 0 Å². The molecular formula is C16H22ClN3O3S2. The molecule has 9 heteroatoms. The molecule has 0 fully saturated rings. The van der Waals surface area contributed by atoms with E-state index in [4.69, 9.17) is 5.73 Å². The van der Waals surface area contributed by atoms with E-state index in [9.17, 15) is 13.2 Å². The molecule has 0 bridgehead atoms. The van der Waals surface area contributed by atoms with Gasteiger partial charge in [-0.15, -0.1) is 23.7 Å². The molecule has 0 aliphatic carbocycles. The van der Waals surface area contributed by atoms with E-state index in [1.165, 1.54) is 18.5 Å². The smallest absolute Gasteiger partial charge is 0.264 e. The van der Waals surface area contributed by atoms with Crippen molar-refractivity contribution in [3.05, 3.63) is 52.2 Å². The lowest BCUT2D eigenvalue weighted by molar-refractivity contribution is 0.0767. The van der Waals surface area contributed by atoms with Crippen LogP contribution in [-0.4, -0.2) is 45.9 Å². The summed E-state index contributed by atoms with van der Waals surface area (Å²) in [5.74, 6) is -0.195. The third-order valence-corrected chi connectivity index (χ3v) is 6.03. The summed E-state index contributed by atoms with van der Waals surface area (Å²) in [5, 5.41) is 1.47. The van der Waals surface area contributed by atoms with Crippen molar-refractivity contribution >= 4 is 39.7 Å². The summed E-state index contributed by atoms with van der Waals surface area (Å²) in [7, 11) is -2.20. The molecule has 0 saturated carbocycles. The standard InChI is InChI=1S/C16H21N3O3S2.ClH/c1-18-24(21,22)14-11-15(23-12-14)16(20)19(10-8-17)9-7-13-5-3-2-4-6-13;/h2-6,11-12,18H,7-10,17H2,1H3;1H. The van der Waals surface area contributed by atoms with Crippen LogP contribution in [0.3, 0.4) is 0 Å². The zero-order chi connectivity index (χ0) is 17.6. The van der Waals surface area contributed by atoms with Crippen LogP contribution in [0.1, 0.15) is 15.2 Å². The number of hydrogen-bond donors (Lipinski definition) is 2. The van der Waals surface area contributed by atoms with Gasteiger partial charge in [0.2, 0.25) is 10.0 Å². The van der Waals surface area contributed by atoms with Gasteiger partial charge in [-0.1, -0.05) is 30.3 Å². The van der Waals surface area contributed by atoms with Crippen LogP contribution in [0.5, 0.6) is 0 Å². The number of nitrogens with zero attached hydrogens (tertiary/aromatic N) is 1. The Morgan fingerprint density at radius 2 is 1.92 bits per heavy atom. The highest BCUT2D eigenvalue weighted by Gasteiger charge is 2.21. The molecule has 0 spiro atoms. The van der Waals surface area contributed by atoms with E-state index in [1.54, 1.807) is 4.90 Å². The van der Waals surface area contributed by atoms with Gasteiger partial charge in [0.1, 0.15) is 0 Å². The third-order valence-electron chi connectivity index (χ3n) is 3.56. The molecule has 2 rings (SSSR count). The number of hydrogen-bond acceptors (Lipinski definition) is 5. The van der Waals surface area contributed by atoms with E-state index < -0.39 is 10.0 Å². The molecule has 0 aliphatic heterocycles. The zero-order valence-corrected chi connectivity index (χ0v) is 16.3. The largest absolute Gasteiger partial charge is 0.336 e. The Morgan fingerprint density at radius 3 is 2.52 bits per heavy atom. The van der Waals surface area contributed by atoms with Gasteiger partial charge in [-0.3, -0.25) is 4.79 Å². The maximum Gasteiger partial charge on any atom is 0.264 e. The van der Waals surface area contributed by atoms with Crippen molar-refractivity contribution in [3.63, 3.8) is 0 Å². The molecule has 0 unspecified atom stereocenters. The highest BCUT2D eigenvalue weighted by atomic mass is 35.5. The fourth-order valence-electron chi connectivity index (χ4n) is 2.23. The normalized spacial score (nSPS) is 11.0. The summed E-state index contributed by atoms with van der Waals surface area (Å²) in [6, 6.07) is 11.3. The van der Waals surface area contributed by atoms with Crippen LogP contribution in [0, 0.1) is 0 Å². The van der Waals surface area contributed by atoms with E-state index in [0.717, 1.165) is 23.3 Å². The van der Waals surface area contributed by atoms with Gasteiger partial charge < -0.3 is 10.6 Å². The molecule has 1 aromatic carbocycles. The van der Waals surface area contributed by atoms with E-state index in [-0.39, 0.29) is 23.2 Å². The number of nitrogens with two attached hydrogens (primary N) is 1. The SMILES string of the molecule is CNS(=O)(=O)c1csc(C(=O)N(CCN)CCc2ccccc2)c1.Cl. The van der Waals surface area contributed by atoms with Crippen molar-refractivity contribution < 1.29 is 13.2 Å². The van der Waals surface area contributed by atoms with Crippen molar-refractivity contribution in [2.45, 2.75) is 11.3 Å². The van der Waals surface area contributed by atoms with Crippen LogP contribution >= 0.6 is 23.7 Å². The average molecular weight is 404 g/mol. The van der Waals surface area contributed by atoms with Gasteiger partial charge in [0.05, 0.1) is 9.77 Å². The molecule has 3 N–H and O–H groups in total. The van der Waals surface area contributed by atoms with E-state index in [1.807, 2.05) is 30.3 Å². The zero-order valence-electron chi connectivity index (χ0n) is 13.8. The number of nitrogens with one attached hydrogen (secondary N) is 1. The highest BCUT2D eigenvalue weighted by molar-refractivity contribution is 7.89. The number of halogens is 1. The van der Waals surface area contributed by atoms with Gasteiger partial charge in [-0.2, -0.15) is 0 Å². The molecule has 1 aromatic heterocycles. The summed E-state index contributed by atoms with van der Waals surface area (Å²) in [6.45, 7) is 1.32. The lowest BCUT2D eigenvalue weighted by Gasteiger charge is -2.21. The van der Waals surface area contributed by atoms with Gasteiger partial charge in [0.25, 0.3) is 5.91 Å². The second kappa shape index (κ2) is 9.88. The molecule has 1 amide bonds. The first-order valence-corrected chi connectivity index (χ1v) is 9.89. The van der Waals surface area contributed by atoms with Crippen LogP contribution in [0.25, 0.3) is 0 Å². The van der Waals surface area contributed by atoms with Crippen LogP contribution < -0.4 is 10.5 Å². The first-order chi connectivity index (χ1) is 11.5. The number of sulfonamides is 1. The number of thiophene rings is 1. The van der Waals surface area contributed by atoms with Gasteiger partial charge >= 0.3 is 0 Å². The summed E-state index contributed by atoms with van der Waals surface area (Å²) in [6.07, 6.45) is 0.722. The molecule has 2 aromatic rings. The lowest BCUT2D eigenvalue weighted by Crippen LogP contribution is -2.36. The van der Waals surface area contributed by atoms with Crippen LogP contribution in [-0.2, 0) is 16.4 Å². The number of rotatable bonds is 8. The first kappa shape index (κ1) is 21.6. The van der Waals surface area contributed by atoms with Gasteiger partial charge in [-0.25, -0.2) is 13.1 Å². The Morgan fingerprint density at radius 1 is 1.24 bits per heavy atom. The number of amides is 1. The van der Waals surface area contributed by atoms with Gasteiger partial charge in [0, 0.05) is 25.0 Å². The topological polar surface area (TPSA) is 92.5 Å². The fourth-order valence-corrected chi connectivity index (χ4v) is 4.20. The van der Waals surface area contributed by atoms with Crippen molar-refractivity contribution in [3.8, 4) is 0 Å². The Kier molecular flexibility index (Phi) is 8.54. The maximum atomic E-state index is 12.7. The minimum absolute atomic E-state index is 0. The Bertz CT molecular complexity index is 779. The van der Waals surface area contributed by atoms with Gasteiger partial charge in [-0.05, 0) is 25.1 Å². The summed E-state index contributed by atoms with van der Waals surface area (Å²) >= 11 is 1.12. The van der Waals surface area contributed by atoms with Crippen molar-refractivity contribution in [2.24, 2.45) is 5.73 Å². The van der Waals surface area contributed by atoms with Crippen LogP contribution in [0.4, 0.5) is 0 Å². The number of carbonyl (C=O) groups is 1. The quantitative estimate of drug-likeness (QED) is 0.701. The van der Waals surface area contributed by atoms with Crippen LogP contribution in [0.2, 0.25) is 0 Å². The molecule has 25 heavy (non-hydrogen) atoms. The molecule has 0 aliphatic rings. The molecule has 0 saturated heterocycles. The minimum atomic E-state index is -3.54. The monoisotopic (exact) mass is 403 g/mol. The third kappa shape index (κ3) is 5.79. The first-order valence-electron chi connectivity index (χ1n) is 7.53. The van der Waals surface area contributed by atoms with E-state index >= 15 is 0 Å². The Labute approximate surface area is 158 Å². The summed E-state index contributed by atoms with van der Waals surface area (Å²) < 4.78 is 25.8. The molecular weight excluding hydrogens is 382 g/mol. The molecule has 6 nitrogen and oxygen atoms in total. The molecule has 0 radical (unpaired) electrons. The fraction of sp³-hybridized carbons (Fsp3) is 0.312. The second-order valence-corrected chi connectivity index (χ2v) is 7.97. The molecule has 138 valence electrons. The molecule has 1 heterocycles. The van der Waals surface area contributed by atoms with E-state index in [2.05, 4.69) is 4.72 Å². The summed E-state index contributed by atoms with van der Waals surface area (Å²) in [5.41, 5.74) is 6.75. The van der Waals surface area contributed by atoms with Crippen LogP contribution in [0.15, 0.2) is 46.7 Å². The predicted molar refractivity (Wildman–Crippen MR) is 103 cm³/mol. The Hall–Kier alpha value is -1.45. The van der Waals surface area contributed by atoms with Crippen molar-refractivity contribution in [2.75, 3.05) is 26.7 Å². The lowest BCUT2D eigenvalue weighted by atomic mass is 10.1. The average Bonchev–Trinajstić information content (AvgIpc) is 3.10. The predicted octanol–water partition coefficient (Wildman–Crippen LogP) is 1.72. The maximum absolute atomic E-state index is 12.7. The number of carbonyl (C=O) groups excluding carboxylic acids is 1. The van der Waals surface area contributed by atoms with Crippen molar-refractivity contribution in [1.82, 2.24) is 9.62 Å². The number of benzene rings is 1. The summed E-state index contributed by atoms with van der Waals surface area (Å²) in [4.78, 5) is 14.8. The highest BCUT2D eigenvalue weighted by Crippen LogP contribution is 2.20. The van der Waals surface area contributed by atoms with E-state index in [0.29, 0.717) is 24.5 Å². The molecule has 0 atom stereocenters. The van der Waals surface area contributed by atoms with Crippen molar-refractivity contribution in [1.29, 1.82) is 0 Å². The Balaban J connectivity index is 0.00000312.